The van der Waals surface area contributed by atoms with Gasteiger partial charge in [-0.05, 0) is 62.4 Å². The summed E-state index contributed by atoms with van der Waals surface area (Å²) in [6.45, 7) is 6.44. The lowest BCUT2D eigenvalue weighted by Crippen LogP contribution is -2.21. The molecule has 26 heavy (non-hydrogen) atoms. The van der Waals surface area contributed by atoms with Crippen molar-refractivity contribution in [3.05, 3.63) is 72.8 Å². The number of benzene rings is 3. The van der Waals surface area contributed by atoms with Crippen molar-refractivity contribution in [3.63, 3.8) is 0 Å². The Morgan fingerprint density at radius 3 is 1.19 bits per heavy atom. The summed E-state index contributed by atoms with van der Waals surface area (Å²) in [5.41, 5.74) is 7.34. The van der Waals surface area contributed by atoms with Crippen LogP contribution < -0.4 is 20.7 Å². The van der Waals surface area contributed by atoms with Gasteiger partial charge in [0.1, 0.15) is 15.7 Å². The SMILES string of the molecule is Bc1ccc(N(c2ccc(B)cc2)c2ccc(N(CC)CC)cc2)cc1. The van der Waals surface area contributed by atoms with Gasteiger partial charge in [-0.15, -0.1) is 0 Å². The first-order chi connectivity index (χ1) is 12.6. The van der Waals surface area contributed by atoms with E-state index in [0.717, 1.165) is 13.1 Å². The fourth-order valence-electron chi connectivity index (χ4n) is 3.24. The van der Waals surface area contributed by atoms with E-state index in [9.17, 15) is 0 Å². The molecule has 130 valence electrons. The molecular weight excluding hydrogens is 314 g/mol. The van der Waals surface area contributed by atoms with E-state index in [4.69, 9.17) is 0 Å². The van der Waals surface area contributed by atoms with Crippen LogP contribution in [0.2, 0.25) is 0 Å². The third-order valence-electron chi connectivity index (χ3n) is 4.82. The summed E-state index contributed by atoms with van der Waals surface area (Å²) in [6.07, 6.45) is 0. The first-order valence-electron chi connectivity index (χ1n) is 9.41. The minimum absolute atomic E-state index is 1.02. The molecule has 0 heterocycles. The third-order valence-corrected chi connectivity index (χ3v) is 4.82. The fourth-order valence-corrected chi connectivity index (χ4v) is 3.24. The van der Waals surface area contributed by atoms with Crippen molar-refractivity contribution in [3.8, 4) is 0 Å². The molecule has 3 rings (SSSR count). The molecule has 2 nitrogen and oxygen atoms in total. The highest BCUT2D eigenvalue weighted by Crippen LogP contribution is 2.34. The molecule has 0 aromatic heterocycles. The molecule has 0 aliphatic rings. The van der Waals surface area contributed by atoms with E-state index < -0.39 is 0 Å². The fraction of sp³-hybridized carbons (Fsp3) is 0.182. The molecule has 0 fully saturated rings. The van der Waals surface area contributed by atoms with E-state index >= 15 is 0 Å². The van der Waals surface area contributed by atoms with Crippen LogP contribution in [0.15, 0.2) is 72.8 Å². The minimum atomic E-state index is 1.02. The van der Waals surface area contributed by atoms with Gasteiger partial charge in [-0.3, -0.25) is 0 Å². The van der Waals surface area contributed by atoms with Gasteiger partial charge in [0.05, 0.1) is 0 Å². The highest BCUT2D eigenvalue weighted by atomic mass is 15.1. The largest absolute Gasteiger partial charge is 0.372 e. The number of anilines is 4. The highest BCUT2D eigenvalue weighted by Gasteiger charge is 2.12. The molecule has 3 aromatic rings. The van der Waals surface area contributed by atoms with Crippen LogP contribution in [0, 0.1) is 0 Å². The van der Waals surface area contributed by atoms with Crippen LogP contribution in [0.3, 0.4) is 0 Å². The summed E-state index contributed by atoms with van der Waals surface area (Å²) in [5, 5.41) is 0. The quantitative estimate of drug-likeness (QED) is 0.637. The van der Waals surface area contributed by atoms with Crippen LogP contribution in [-0.4, -0.2) is 28.8 Å². The molecule has 0 atom stereocenters. The van der Waals surface area contributed by atoms with Gasteiger partial charge in [0, 0.05) is 35.8 Å². The number of hydrogen-bond acceptors (Lipinski definition) is 2. The van der Waals surface area contributed by atoms with E-state index in [1.54, 1.807) is 0 Å². The zero-order chi connectivity index (χ0) is 18.5. The second-order valence-electron chi connectivity index (χ2n) is 6.70. The van der Waals surface area contributed by atoms with Gasteiger partial charge in [-0.1, -0.05) is 35.2 Å². The Morgan fingerprint density at radius 2 is 0.846 bits per heavy atom. The standard InChI is InChI=1S/C22H26B2N2/c1-3-25(4-2)19-13-15-22(16-14-19)26(20-9-5-17(23)6-10-20)21-11-7-18(24)8-12-21/h5-16H,3-4,23-24H2,1-2H3. The van der Waals surface area contributed by atoms with Crippen LogP contribution in [-0.2, 0) is 0 Å². The molecule has 0 spiro atoms. The maximum atomic E-state index is 2.37. The van der Waals surface area contributed by atoms with Gasteiger partial charge in [0.15, 0.2) is 0 Å². The van der Waals surface area contributed by atoms with Gasteiger partial charge in [-0.2, -0.15) is 0 Å². The molecule has 0 unspecified atom stereocenters. The van der Waals surface area contributed by atoms with Crippen LogP contribution in [0.5, 0.6) is 0 Å². The normalized spacial score (nSPS) is 10.5. The highest BCUT2D eigenvalue weighted by molar-refractivity contribution is 6.32. The zero-order valence-electron chi connectivity index (χ0n) is 16.2. The lowest BCUT2D eigenvalue weighted by Gasteiger charge is -2.27. The molecule has 0 saturated heterocycles. The molecule has 0 aliphatic carbocycles. The Bertz CT molecular complexity index is 778. The average Bonchev–Trinajstić information content (AvgIpc) is 2.67. The topological polar surface area (TPSA) is 6.48 Å². The predicted octanol–water partition coefficient (Wildman–Crippen LogP) is 2.52. The summed E-state index contributed by atoms with van der Waals surface area (Å²) in [6, 6.07) is 26.3. The molecule has 0 radical (unpaired) electrons. The lowest BCUT2D eigenvalue weighted by molar-refractivity contribution is 0.866. The molecule has 0 amide bonds. The monoisotopic (exact) mass is 340 g/mol. The molecular formula is C22H26B2N2. The van der Waals surface area contributed by atoms with Crippen molar-refractivity contribution in [2.24, 2.45) is 0 Å². The average molecular weight is 340 g/mol. The van der Waals surface area contributed by atoms with E-state index in [2.05, 4.69) is 112 Å². The van der Waals surface area contributed by atoms with Gasteiger partial charge >= 0.3 is 0 Å². The van der Waals surface area contributed by atoms with E-state index in [1.165, 1.54) is 33.7 Å². The maximum Gasteiger partial charge on any atom is 0.139 e. The molecule has 4 heteroatoms. The second-order valence-corrected chi connectivity index (χ2v) is 6.70. The predicted molar refractivity (Wildman–Crippen MR) is 121 cm³/mol. The minimum Gasteiger partial charge on any atom is -0.372 e. The summed E-state index contributed by atoms with van der Waals surface area (Å²) >= 11 is 0. The maximum absolute atomic E-state index is 2.37. The molecule has 0 saturated carbocycles. The number of rotatable bonds is 6. The van der Waals surface area contributed by atoms with E-state index in [-0.39, 0.29) is 0 Å². The molecule has 0 aliphatic heterocycles. The smallest absolute Gasteiger partial charge is 0.139 e. The van der Waals surface area contributed by atoms with Crippen LogP contribution in [0.4, 0.5) is 22.7 Å². The van der Waals surface area contributed by atoms with E-state index in [0.29, 0.717) is 0 Å². The number of hydrogen-bond donors (Lipinski definition) is 0. The van der Waals surface area contributed by atoms with Crippen molar-refractivity contribution < 1.29 is 0 Å². The van der Waals surface area contributed by atoms with Gasteiger partial charge in [-0.25, -0.2) is 0 Å². The Balaban J connectivity index is 2.03. The number of nitrogens with zero attached hydrogens (tertiary/aromatic N) is 2. The summed E-state index contributed by atoms with van der Waals surface area (Å²) < 4.78 is 0. The van der Waals surface area contributed by atoms with Crippen LogP contribution >= 0.6 is 0 Å². The van der Waals surface area contributed by atoms with Gasteiger partial charge < -0.3 is 9.80 Å². The van der Waals surface area contributed by atoms with E-state index in [1.807, 2.05) is 0 Å². The summed E-state index contributed by atoms with van der Waals surface area (Å²) in [7, 11) is 4.25. The van der Waals surface area contributed by atoms with Crippen molar-refractivity contribution in [1.82, 2.24) is 0 Å². The lowest BCUT2D eigenvalue weighted by atomic mass is 9.95. The zero-order valence-corrected chi connectivity index (χ0v) is 16.2. The molecule has 3 aromatic carbocycles. The van der Waals surface area contributed by atoms with Gasteiger partial charge in [0.2, 0.25) is 0 Å². The van der Waals surface area contributed by atoms with Crippen molar-refractivity contribution in [2.75, 3.05) is 22.9 Å². The Labute approximate surface area is 159 Å². The third kappa shape index (κ3) is 3.96. The molecule has 0 bridgehead atoms. The Morgan fingerprint density at radius 1 is 0.538 bits per heavy atom. The Hall–Kier alpha value is -2.61. The van der Waals surface area contributed by atoms with Gasteiger partial charge in [0.25, 0.3) is 0 Å². The first-order valence-corrected chi connectivity index (χ1v) is 9.41. The Kier molecular flexibility index (Phi) is 5.72. The summed E-state index contributed by atoms with van der Waals surface area (Å²) in [4.78, 5) is 4.68. The first kappa shape index (κ1) is 18.2. The summed E-state index contributed by atoms with van der Waals surface area (Å²) in [5.74, 6) is 0. The second kappa shape index (κ2) is 8.18. The van der Waals surface area contributed by atoms with Crippen LogP contribution in [0.1, 0.15) is 13.8 Å². The van der Waals surface area contributed by atoms with Crippen molar-refractivity contribution in [2.45, 2.75) is 13.8 Å². The van der Waals surface area contributed by atoms with Crippen molar-refractivity contribution in [1.29, 1.82) is 0 Å². The van der Waals surface area contributed by atoms with Crippen LogP contribution in [0.25, 0.3) is 0 Å². The van der Waals surface area contributed by atoms with Crippen molar-refractivity contribution >= 4 is 49.4 Å². The molecule has 0 N–H and O–H groups in total.